The molecule has 12 nitrogen and oxygen atoms in total. The Kier molecular flexibility index (Phi) is 18.6. The first kappa shape index (κ1) is 44.6. The average molecular weight is 790 g/mol. The van der Waals surface area contributed by atoms with E-state index in [-0.39, 0.29) is 57.0 Å². The van der Waals surface area contributed by atoms with Gasteiger partial charge in [0, 0.05) is 56.0 Å². The van der Waals surface area contributed by atoms with E-state index < -0.39 is 0 Å². The number of carbonyl (C=O) groups excluding carboxylic acids is 3. The van der Waals surface area contributed by atoms with E-state index >= 15 is 0 Å². The third-order valence-corrected chi connectivity index (χ3v) is 9.12. The van der Waals surface area contributed by atoms with Crippen molar-refractivity contribution in [2.45, 2.75) is 80.1 Å². The molecule has 0 bridgehead atoms. The molecule has 3 amide bonds. The predicted molar refractivity (Wildman–Crippen MR) is 222 cm³/mol. The largest absolute Gasteiger partial charge is 0.490 e. The van der Waals surface area contributed by atoms with Crippen LogP contribution in [0.2, 0.25) is 0 Å². The van der Waals surface area contributed by atoms with Crippen LogP contribution in [-0.4, -0.2) is 111 Å². The van der Waals surface area contributed by atoms with Crippen LogP contribution >= 0.6 is 0 Å². The summed E-state index contributed by atoms with van der Waals surface area (Å²) in [6, 6.07) is 15.7. The smallest absolute Gasteiger partial charge is 0.254 e. The van der Waals surface area contributed by atoms with E-state index in [2.05, 4.69) is 0 Å². The molecule has 0 unspecified atom stereocenters. The van der Waals surface area contributed by atoms with E-state index in [1.807, 2.05) is 41.5 Å². The maximum absolute atomic E-state index is 14.3. The number of amides is 3. The van der Waals surface area contributed by atoms with E-state index in [0.29, 0.717) is 90.8 Å². The molecule has 0 radical (unpaired) electrons. The first-order valence-electron chi connectivity index (χ1n) is 20.8. The summed E-state index contributed by atoms with van der Waals surface area (Å²) >= 11 is 0. The summed E-state index contributed by atoms with van der Waals surface area (Å²) in [5, 5.41) is 0. The normalized spacial score (nSPS) is 13.3. The fourth-order valence-electron chi connectivity index (χ4n) is 6.11. The molecular weight excluding hydrogens is 727 g/mol. The van der Waals surface area contributed by atoms with Crippen LogP contribution in [-0.2, 0) is 0 Å². The third kappa shape index (κ3) is 12.9. The Hall–Kier alpha value is -5.13. The van der Waals surface area contributed by atoms with Crippen LogP contribution in [0.25, 0.3) is 0 Å². The fraction of sp³-hybridized carbons (Fsp3) is 0.533. The maximum atomic E-state index is 14.3. The summed E-state index contributed by atoms with van der Waals surface area (Å²) in [6.45, 7) is 16.7. The van der Waals surface area contributed by atoms with Gasteiger partial charge in [-0.3, -0.25) is 14.4 Å². The van der Waals surface area contributed by atoms with Gasteiger partial charge in [-0.1, -0.05) is 41.5 Å². The van der Waals surface area contributed by atoms with Gasteiger partial charge in [-0.15, -0.1) is 0 Å². The van der Waals surface area contributed by atoms with Crippen LogP contribution in [0.1, 0.15) is 111 Å². The van der Waals surface area contributed by atoms with E-state index in [9.17, 15) is 14.4 Å². The minimum atomic E-state index is -0.236. The lowest BCUT2D eigenvalue weighted by Crippen LogP contribution is -2.41. The molecule has 0 aromatic heterocycles. The molecule has 0 spiro atoms. The van der Waals surface area contributed by atoms with Gasteiger partial charge in [0.15, 0.2) is 34.5 Å². The lowest BCUT2D eigenvalue weighted by molar-refractivity contribution is 0.0679. The second kappa shape index (κ2) is 23.8. The zero-order chi connectivity index (χ0) is 41.0. The summed E-state index contributed by atoms with van der Waals surface area (Å²) in [4.78, 5) is 48.1. The van der Waals surface area contributed by atoms with Crippen molar-refractivity contribution in [3.05, 3.63) is 71.3 Å². The number of rotatable bonds is 21. The van der Waals surface area contributed by atoms with Gasteiger partial charge in [0.1, 0.15) is 0 Å². The predicted octanol–water partition coefficient (Wildman–Crippen LogP) is 8.16. The number of ether oxygens (including phenoxy) is 6. The highest BCUT2D eigenvalue weighted by atomic mass is 16.5. The molecule has 312 valence electrons. The molecule has 3 aromatic carbocycles. The molecule has 0 saturated carbocycles. The molecule has 0 atom stereocenters. The van der Waals surface area contributed by atoms with Gasteiger partial charge in [0.2, 0.25) is 0 Å². The lowest BCUT2D eigenvalue weighted by Gasteiger charge is -2.26. The van der Waals surface area contributed by atoms with Crippen molar-refractivity contribution in [3.63, 3.8) is 0 Å². The second-order valence-corrected chi connectivity index (χ2v) is 14.0. The van der Waals surface area contributed by atoms with Crippen molar-refractivity contribution in [1.82, 2.24) is 14.7 Å². The topological polar surface area (TPSA) is 116 Å². The third-order valence-electron chi connectivity index (χ3n) is 9.12. The molecule has 12 heteroatoms. The summed E-state index contributed by atoms with van der Waals surface area (Å²) < 4.78 is 35.8. The van der Waals surface area contributed by atoms with Crippen molar-refractivity contribution in [2.24, 2.45) is 0 Å². The van der Waals surface area contributed by atoms with Crippen molar-refractivity contribution >= 4 is 17.7 Å². The van der Waals surface area contributed by atoms with Gasteiger partial charge < -0.3 is 43.1 Å². The van der Waals surface area contributed by atoms with E-state index in [1.165, 1.54) is 0 Å². The Bertz CT molecular complexity index is 1520. The number of carbonyl (C=O) groups is 3. The van der Waals surface area contributed by atoms with Gasteiger partial charge in [-0.05, 0) is 93.1 Å². The van der Waals surface area contributed by atoms with E-state index in [0.717, 1.165) is 38.5 Å². The summed E-state index contributed by atoms with van der Waals surface area (Å²) in [5.74, 6) is 2.57. The van der Waals surface area contributed by atoms with Gasteiger partial charge in [-0.2, -0.15) is 0 Å². The molecule has 1 heterocycles. The van der Waals surface area contributed by atoms with Crippen LogP contribution < -0.4 is 28.4 Å². The molecule has 1 saturated heterocycles. The molecule has 4 rings (SSSR count). The van der Waals surface area contributed by atoms with Crippen molar-refractivity contribution in [1.29, 1.82) is 0 Å². The highest BCUT2D eigenvalue weighted by Crippen LogP contribution is 2.32. The first-order chi connectivity index (χ1) is 27.8. The van der Waals surface area contributed by atoms with Crippen molar-refractivity contribution in [3.8, 4) is 34.5 Å². The summed E-state index contributed by atoms with van der Waals surface area (Å²) in [7, 11) is 0. The molecule has 0 N–H and O–H groups in total. The highest BCUT2D eigenvalue weighted by Gasteiger charge is 2.28. The molecule has 57 heavy (non-hydrogen) atoms. The first-order valence-corrected chi connectivity index (χ1v) is 20.8. The molecular formula is C45H63N3O9. The zero-order valence-corrected chi connectivity index (χ0v) is 34.9. The zero-order valence-electron chi connectivity index (χ0n) is 34.9. The standard InChI is InChI=1S/C45H63N3O9/c1-7-25-52-37-16-13-34(31-40(37)55-28-10-4)43(49)46-19-21-47(44(50)35-14-17-38(53-26-8-2)41(32-35)56-29-11-5)23-24-48(22-20-46)45(51)36-15-18-39(54-27-9-3)42(33-36)57-30-12-6/h13-18,31-33H,7-12,19-30H2,1-6H3. The van der Waals surface area contributed by atoms with Crippen LogP contribution in [0.3, 0.4) is 0 Å². The van der Waals surface area contributed by atoms with Crippen LogP contribution in [0.15, 0.2) is 54.6 Å². The summed E-state index contributed by atoms with van der Waals surface area (Å²) in [6.07, 6.45) is 4.89. The van der Waals surface area contributed by atoms with Crippen molar-refractivity contribution < 1.29 is 42.8 Å². The molecule has 1 aliphatic heterocycles. The Morgan fingerprint density at radius 3 is 0.789 bits per heavy atom. The lowest BCUT2D eigenvalue weighted by atomic mass is 10.1. The van der Waals surface area contributed by atoms with E-state index in [1.54, 1.807) is 69.3 Å². The molecule has 1 aliphatic rings. The number of nitrogens with zero attached hydrogens (tertiary/aromatic N) is 3. The Morgan fingerprint density at radius 1 is 0.368 bits per heavy atom. The number of hydrogen-bond donors (Lipinski definition) is 0. The van der Waals surface area contributed by atoms with Gasteiger partial charge in [0.05, 0.1) is 39.6 Å². The Morgan fingerprint density at radius 2 is 0.579 bits per heavy atom. The fourth-order valence-corrected chi connectivity index (χ4v) is 6.11. The SMILES string of the molecule is CCCOc1ccc(C(=O)N2CCN(C(=O)c3ccc(OCCC)c(OCCC)c3)CCN(C(=O)c3ccc(OCCC)c(OCCC)c3)CC2)cc1OCCC. The van der Waals surface area contributed by atoms with Crippen LogP contribution in [0.5, 0.6) is 34.5 Å². The van der Waals surface area contributed by atoms with Crippen molar-refractivity contribution in [2.75, 3.05) is 78.9 Å². The quantitative estimate of drug-likeness (QED) is 0.105. The van der Waals surface area contributed by atoms with Gasteiger partial charge in [-0.25, -0.2) is 0 Å². The molecule has 3 aromatic rings. The minimum absolute atomic E-state index is 0.236. The molecule has 0 aliphatic carbocycles. The average Bonchev–Trinajstić information content (AvgIpc) is 3.35. The molecule has 1 fully saturated rings. The van der Waals surface area contributed by atoms with E-state index in [4.69, 9.17) is 28.4 Å². The van der Waals surface area contributed by atoms with Gasteiger partial charge in [0.25, 0.3) is 17.7 Å². The highest BCUT2D eigenvalue weighted by molar-refractivity contribution is 5.97. The Labute approximate surface area is 339 Å². The Balaban J connectivity index is 1.68. The minimum Gasteiger partial charge on any atom is -0.490 e. The van der Waals surface area contributed by atoms with Gasteiger partial charge >= 0.3 is 0 Å². The maximum Gasteiger partial charge on any atom is 0.254 e. The van der Waals surface area contributed by atoms with Crippen LogP contribution in [0.4, 0.5) is 0 Å². The summed E-state index contributed by atoms with van der Waals surface area (Å²) in [5.41, 5.74) is 1.29. The number of benzene rings is 3. The number of hydrogen-bond acceptors (Lipinski definition) is 9. The van der Waals surface area contributed by atoms with Crippen LogP contribution in [0, 0.1) is 0 Å². The monoisotopic (exact) mass is 789 g/mol. The second-order valence-electron chi connectivity index (χ2n) is 14.0.